The second kappa shape index (κ2) is 10.4. The second-order valence-electron chi connectivity index (χ2n) is 5.78. The molecular weight excluding hydrogens is 357 g/mol. The van der Waals surface area contributed by atoms with Crippen LogP contribution in [0.15, 0.2) is 12.3 Å². The second-order valence-corrected chi connectivity index (χ2v) is 8.06. The summed E-state index contributed by atoms with van der Waals surface area (Å²) >= 11 is 16.6. The predicted molar refractivity (Wildman–Crippen MR) is 97.0 cm³/mol. The number of Topliss-reactive ketones (excluding diaryl/α,β-unsaturated/α-hetero) is 2. The van der Waals surface area contributed by atoms with Crippen LogP contribution in [-0.4, -0.2) is 20.3 Å². The quantitative estimate of drug-likeness (QED) is 0.279. The van der Waals surface area contributed by atoms with Gasteiger partial charge in [0, 0.05) is 18.2 Å². The summed E-state index contributed by atoms with van der Waals surface area (Å²) in [5.41, 5.74) is 0.606. The molecule has 0 spiro atoms. The number of unbranched alkanes of at least 4 members (excludes halogenated alkanes) is 7. The Morgan fingerprint density at radius 2 is 1.57 bits per heavy atom. The zero-order valence-corrected chi connectivity index (χ0v) is 15.7. The molecule has 0 fully saturated rings. The lowest BCUT2D eigenvalue weighted by molar-refractivity contribution is 0.0978. The first kappa shape index (κ1) is 20.5. The molecule has 130 valence electrons. The van der Waals surface area contributed by atoms with E-state index >= 15 is 0 Å². The van der Waals surface area contributed by atoms with Crippen LogP contribution in [0.25, 0.3) is 0 Å². The highest BCUT2D eigenvalue weighted by molar-refractivity contribution is 6.77. The van der Waals surface area contributed by atoms with E-state index in [1.165, 1.54) is 50.8 Å². The molecule has 1 aromatic rings. The van der Waals surface area contributed by atoms with E-state index in [1.807, 2.05) is 0 Å². The molecule has 0 amide bonds. The molecule has 0 aliphatic heterocycles. The number of halogens is 3. The van der Waals surface area contributed by atoms with Gasteiger partial charge >= 0.3 is 0 Å². The average Bonchev–Trinajstić information content (AvgIpc) is 2.97. The van der Waals surface area contributed by atoms with Crippen molar-refractivity contribution in [1.82, 2.24) is 4.98 Å². The number of ketones is 2. The molecule has 0 radical (unpaired) electrons. The van der Waals surface area contributed by atoms with Gasteiger partial charge in [0.15, 0.2) is 5.78 Å². The van der Waals surface area contributed by atoms with Gasteiger partial charge in [-0.15, -0.1) is 0 Å². The van der Waals surface area contributed by atoms with Gasteiger partial charge in [-0.3, -0.25) is 9.59 Å². The SMILES string of the molecule is CCCCCCCCCCC(=O)c1c[nH]c(C(=O)C(Cl)(Cl)Cl)c1. The Hall–Kier alpha value is -0.510. The fraction of sp³-hybridized carbons (Fsp3) is 0.647. The van der Waals surface area contributed by atoms with Crippen molar-refractivity contribution in [2.24, 2.45) is 0 Å². The van der Waals surface area contributed by atoms with E-state index in [1.54, 1.807) is 0 Å². The number of rotatable bonds is 11. The summed E-state index contributed by atoms with van der Waals surface area (Å²) in [4.78, 5) is 26.5. The molecule has 23 heavy (non-hydrogen) atoms. The fourth-order valence-corrected chi connectivity index (χ4v) is 2.71. The van der Waals surface area contributed by atoms with Crippen molar-refractivity contribution in [3.8, 4) is 0 Å². The Morgan fingerprint density at radius 1 is 1.00 bits per heavy atom. The van der Waals surface area contributed by atoms with Crippen LogP contribution in [-0.2, 0) is 0 Å². The molecule has 0 aliphatic carbocycles. The van der Waals surface area contributed by atoms with Gasteiger partial charge in [-0.05, 0) is 12.5 Å². The van der Waals surface area contributed by atoms with Gasteiger partial charge in [-0.2, -0.15) is 0 Å². The lowest BCUT2D eigenvalue weighted by atomic mass is 10.0. The maximum Gasteiger partial charge on any atom is 0.254 e. The topological polar surface area (TPSA) is 49.9 Å². The molecule has 3 nitrogen and oxygen atoms in total. The molecular formula is C17H24Cl3NO2. The van der Waals surface area contributed by atoms with Gasteiger partial charge < -0.3 is 4.98 Å². The van der Waals surface area contributed by atoms with Crippen LogP contribution in [0.3, 0.4) is 0 Å². The van der Waals surface area contributed by atoms with Crippen LogP contribution in [0.2, 0.25) is 0 Å². The Kier molecular flexibility index (Phi) is 9.26. The number of carbonyl (C=O) groups is 2. The third kappa shape index (κ3) is 7.73. The summed E-state index contributed by atoms with van der Waals surface area (Å²) in [6.07, 6.45) is 11.5. The Labute approximate surface area is 153 Å². The maximum absolute atomic E-state index is 12.1. The third-order valence-electron chi connectivity index (χ3n) is 3.76. The first-order valence-electron chi connectivity index (χ1n) is 8.19. The number of H-pyrrole nitrogens is 1. The largest absolute Gasteiger partial charge is 0.358 e. The molecule has 1 rings (SSSR count). The highest BCUT2D eigenvalue weighted by Gasteiger charge is 2.32. The van der Waals surface area contributed by atoms with Crippen molar-refractivity contribution in [3.05, 3.63) is 23.5 Å². The Balaban J connectivity index is 2.28. The summed E-state index contributed by atoms with van der Waals surface area (Å²) in [5, 5.41) is 0. The third-order valence-corrected chi connectivity index (χ3v) is 4.28. The van der Waals surface area contributed by atoms with Crippen LogP contribution < -0.4 is 0 Å². The van der Waals surface area contributed by atoms with Crippen LogP contribution in [0.4, 0.5) is 0 Å². The molecule has 1 N–H and O–H groups in total. The minimum absolute atomic E-state index is 0.00982. The monoisotopic (exact) mass is 379 g/mol. The first-order chi connectivity index (χ1) is 10.9. The predicted octanol–water partition coefficient (Wildman–Crippen LogP) is 6.28. The molecule has 0 unspecified atom stereocenters. The first-order valence-corrected chi connectivity index (χ1v) is 9.32. The lowest BCUT2D eigenvalue weighted by Crippen LogP contribution is -2.19. The minimum Gasteiger partial charge on any atom is -0.358 e. The lowest BCUT2D eigenvalue weighted by Gasteiger charge is -2.06. The minimum atomic E-state index is -2.01. The van der Waals surface area contributed by atoms with Gasteiger partial charge in [-0.1, -0.05) is 86.7 Å². The number of aromatic nitrogens is 1. The highest BCUT2D eigenvalue weighted by atomic mass is 35.6. The van der Waals surface area contributed by atoms with E-state index in [-0.39, 0.29) is 11.5 Å². The Bertz CT molecular complexity index is 506. The van der Waals surface area contributed by atoms with E-state index in [9.17, 15) is 9.59 Å². The van der Waals surface area contributed by atoms with Crippen LogP contribution in [0.5, 0.6) is 0 Å². The van der Waals surface area contributed by atoms with Crippen molar-refractivity contribution < 1.29 is 9.59 Å². The standard InChI is InChI=1S/C17H24Cl3NO2/c1-2-3-4-5-6-7-8-9-10-15(22)13-11-14(21-12-13)16(23)17(18,19)20/h11-12,21H,2-10H2,1H3. The van der Waals surface area contributed by atoms with E-state index < -0.39 is 9.58 Å². The summed E-state index contributed by atoms with van der Waals surface area (Å²) < 4.78 is -2.01. The van der Waals surface area contributed by atoms with E-state index in [4.69, 9.17) is 34.8 Å². The smallest absolute Gasteiger partial charge is 0.254 e. The van der Waals surface area contributed by atoms with E-state index in [0.29, 0.717) is 12.0 Å². The van der Waals surface area contributed by atoms with Crippen LogP contribution in [0, 0.1) is 0 Å². The van der Waals surface area contributed by atoms with Crippen LogP contribution >= 0.6 is 34.8 Å². The highest BCUT2D eigenvalue weighted by Crippen LogP contribution is 2.30. The number of nitrogens with one attached hydrogen (secondary N) is 1. The molecule has 0 aliphatic rings. The maximum atomic E-state index is 12.1. The van der Waals surface area contributed by atoms with Crippen LogP contribution in [0.1, 0.15) is 85.6 Å². The van der Waals surface area contributed by atoms with Crippen molar-refractivity contribution in [1.29, 1.82) is 0 Å². The van der Waals surface area contributed by atoms with Gasteiger partial charge in [0.1, 0.15) is 0 Å². The average molecular weight is 381 g/mol. The molecule has 1 aromatic heterocycles. The van der Waals surface area contributed by atoms with E-state index in [2.05, 4.69) is 11.9 Å². The number of hydrogen-bond acceptors (Lipinski definition) is 2. The summed E-state index contributed by atoms with van der Waals surface area (Å²) in [5.74, 6) is -0.649. The van der Waals surface area contributed by atoms with Gasteiger partial charge in [-0.25, -0.2) is 0 Å². The van der Waals surface area contributed by atoms with Crippen molar-refractivity contribution in [2.45, 2.75) is 68.5 Å². The van der Waals surface area contributed by atoms with Crippen molar-refractivity contribution >= 4 is 46.4 Å². The molecule has 0 bridgehead atoms. The van der Waals surface area contributed by atoms with Gasteiger partial charge in [0.25, 0.3) is 3.79 Å². The molecule has 0 atom stereocenters. The van der Waals surface area contributed by atoms with Gasteiger partial charge in [0.2, 0.25) is 5.78 Å². The molecule has 6 heteroatoms. The molecule has 1 heterocycles. The summed E-state index contributed by atoms with van der Waals surface area (Å²) in [7, 11) is 0. The Morgan fingerprint density at radius 3 is 2.13 bits per heavy atom. The molecule has 0 saturated carbocycles. The number of hydrogen-bond donors (Lipinski definition) is 1. The van der Waals surface area contributed by atoms with Crippen molar-refractivity contribution in [2.75, 3.05) is 0 Å². The van der Waals surface area contributed by atoms with Gasteiger partial charge in [0.05, 0.1) is 5.69 Å². The normalized spacial score (nSPS) is 11.7. The summed E-state index contributed by atoms with van der Waals surface area (Å²) in [6, 6.07) is 1.46. The fourth-order valence-electron chi connectivity index (χ4n) is 2.40. The number of alkyl halides is 3. The molecule has 0 saturated heterocycles. The summed E-state index contributed by atoms with van der Waals surface area (Å²) in [6.45, 7) is 2.21. The zero-order valence-electron chi connectivity index (χ0n) is 13.5. The number of aromatic amines is 1. The number of carbonyl (C=O) groups excluding carboxylic acids is 2. The van der Waals surface area contributed by atoms with Crippen molar-refractivity contribution in [3.63, 3.8) is 0 Å². The molecule has 0 aromatic carbocycles. The zero-order chi connectivity index (χ0) is 17.3. The van der Waals surface area contributed by atoms with E-state index in [0.717, 1.165) is 12.8 Å².